The molecule has 0 aliphatic rings. The Kier molecular flexibility index (Phi) is 10.2. The lowest BCUT2D eigenvalue weighted by Crippen LogP contribution is -2.37. The van der Waals surface area contributed by atoms with Gasteiger partial charge in [0.2, 0.25) is 0 Å². The van der Waals surface area contributed by atoms with Crippen molar-refractivity contribution >= 4 is 35.6 Å². The van der Waals surface area contributed by atoms with Crippen molar-refractivity contribution in [2.45, 2.75) is 27.7 Å². The number of rotatable bonds is 7. The maximum absolute atomic E-state index is 5.99. The van der Waals surface area contributed by atoms with Crippen molar-refractivity contribution in [2.75, 3.05) is 37.6 Å². The Balaban J connectivity index is 0.00000400. The minimum atomic E-state index is 0. The molecule has 0 bridgehead atoms. The molecule has 120 valence electrons. The van der Waals surface area contributed by atoms with E-state index in [0.717, 1.165) is 32.7 Å². The Morgan fingerprint density at radius 3 is 2.33 bits per heavy atom. The zero-order valence-corrected chi connectivity index (χ0v) is 16.0. The van der Waals surface area contributed by atoms with Crippen LogP contribution >= 0.6 is 24.0 Å². The molecule has 0 aliphatic carbocycles. The number of aliphatic imine (C=N–C) groups is 1. The van der Waals surface area contributed by atoms with Crippen LogP contribution in [0.5, 0.6) is 0 Å². The number of hydrogen-bond acceptors (Lipinski definition) is 2. The van der Waals surface area contributed by atoms with Crippen LogP contribution < -0.4 is 10.6 Å². The molecule has 0 radical (unpaired) electrons. The lowest BCUT2D eigenvalue weighted by Gasteiger charge is -2.23. The summed E-state index contributed by atoms with van der Waals surface area (Å²) in [6.07, 6.45) is 0. The van der Waals surface area contributed by atoms with Gasteiger partial charge in [-0.3, -0.25) is 4.99 Å². The first-order valence-corrected chi connectivity index (χ1v) is 7.48. The zero-order chi connectivity index (χ0) is 15.0. The second-order valence-corrected chi connectivity index (χ2v) is 4.83. The van der Waals surface area contributed by atoms with Gasteiger partial charge in [0.15, 0.2) is 5.96 Å². The Bertz CT molecular complexity index is 430. The highest BCUT2D eigenvalue weighted by Gasteiger charge is 2.05. The summed E-state index contributed by atoms with van der Waals surface area (Å²) in [4.78, 5) is 8.88. The lowest BCUT2D eigenvalue weighted by molar-refractivity contribution is 0.458. The van der Waals surface area contributed by atoms with Crippen LogP contribution in [0.4, 0.5) is 5.69 Å². The first-order chi connectivity index (χ1) is 9.62. The molecule has 4 nitrogen and oxygen atoms in total. The fourth-order valence-electron chi connectivity index (χ4n) is 2.23. The van der Waals surface area contributed by atoms with Gasteiger partial charge in [0, 0.05) is 31.9 Å². The topological polar surface area (TPSA) is 44.9 Å². The number of guanidine groups is 1. The van der Waals surface area contributed by atoms with Crippen molar-refractivity contribution in [1.29, 1.82) is 0 Å². The first-order valence-electron chi connectivity index (χ1n) is 7.48. The van der Waals surface area contributed by atoms with Crippen molar-refractivity contribution in [3.8, 4) is 0 Å². The van der Waals surface area contributed by atoms with E-state index in [1.54, 1.807) is 0 Å². The molecule has 0 spiro atoms. The molecule has 0 saturated carbocycles. The van der Waals surface area contributed by atoms with E-state index in [1.807, 2.05) is 0 Å². The van der Waals surface area contributed by atoms with Crippen LogP contribution in [-0.2, 0) is 0 Å². The number of anilines is 1. The van der Waals surface area contributed by atoms with Gasteiger partial charge in [-0.1, -0.05) is 12.1 Å². The zero-order valence-electron chi connectivity index (χ0n) is 13.7. The largest absolute Gasteiger partial charge is 0.370 e. The fraction of sp³-hybridized carbons (Fsp3) is 0.562. The van der Waals surface area contributed by atoms with Crippen LogP contribution in [0.25, 0.3) is 0 Å². The standard InChI is InChI=1S/C16H28N4.HI/c1-5-19(6-2)16(17)18-11-12-20(7-3)15-10-8-9-14(4)13-15;/h8-10,13H,5-7,11-12H2,1-4H3,(H2,17,18);1H. The summed E-state index contributed by atoms with van der Waals surface area (Å²) in [7, 11) is 0. The molecular formula is C16H29IN4. The van der Waals surface area contributed by atoms with Crippen LogP contribution in [0.3, 0.4) is 0 Å². The Hall–Kier alpha value is -0.980. The van der Waals surface area contributed by atoms with Gasteiger partial charge in [-0.25, -0.2) is 0 Å². The smallest absolute Gasteiger partial charge is 0.191 e. The minimum absolute atomic E-state index is 0. The number of aryl methyl sites for hydroxylation is 1. The molecule has 1 aromatic carbocycles. The van der Waals surface area contributed by atoms with Crippen LogP contribution in [0, 0.1) is 6.92 Å². The second kappa shape index (κ2) is 10.7. The molecule has 0 atom stereocenters. The molecular weight excluding hydrogens is 375 g/mol. The summed E-state index contributed by atoms with van der Waals surface area (Å²) < 4.78 is 0. The third-order valence-electron chi connectivity index (χ3n) is 3.48. The first kappa shape index (κ1) is 20.0. The summed E-state index contributed by atoms with van der Waals surface area (Å²) in [6.45, 7) is 12.9. The van der Waals surface area contributed by atoms with Crippen molar-refractivity contribution < 1.29 is 0 Å². The molecule has 1 rings (SSSR count). The molecule has 5 heteroatoms. The maximum Gasteiger partial charge on any atom is 0.191 e. The van der Waals surface area contributed by atoms with Gasteiger partial charge < -0.3 is 15.5 Å². The molecule has 21 heavy (non-hydrogen) atoms. The molecule has 0 aromatic heterocycles. The van der Waals surface area contributed by atoms with E-state index in [1.165, 1.54) is 11.3 Å². The molecule has 1 aromatic rings. The normalized spacial score (nSPS) is 11.0. The molecule has 0 heterocycles. The Morgan fingerprint density at radius 2 is 1.81 bits per heavy atom. The van der Waals surface area contributed by atoms with Crippen molar-refractivity contribution in [2.24, 2.45) is 10.7 Å². The second-order valence-electron chi connectivity index (χ2n) is 4.83. The minimum Gasteiger partial charge on any atom is -0.370 e. The van der Waals surface area contributed by atoms with Crippen LogP contribution in [0.15, 0.2) is 29.3 Å². The van der Waals surface area contributed by atoms with Gasteiger partial charge in [-0.2, -0.15) is 0 Å². The third-order valence-corrected chi connectivity index (χ3v) is 3.48. The van der Waals surface area contributed by atoms with E-state index in [-0.39, 0.29) is 24.0 Å². The molecule has 0 saturated heterocycles. The molecule has 0 aliphatic heterocycles. The SMILES string of the molecule is CCN(CC)C(N)=NCCN(CC)c1cccc(C)c1.I. The average molecular weight is 404 g/mol. The number of hydrogen-bond donors (Lipinski definition) is 1. The van der Waals surface area contributed by atoms with Crippen LogP contribution in [-0.4, -0.2) is 43.6 Å². The molecule has 0 fully saturated rings. The highest BCUT2D eigenvalue weighted by molar-refractivity contribution is 14.0. The quantitative estimate of drug-likeness (QED) is 0.432. The number of likely N-dealkylation sites (N-methyl/N-ethyl adjacent to an activating group) is 1. The number of nitrogens with zero attached hydrogens (tertiary/aromatic N) is 3. The average Bonchev–Trinajstić information content (AvgIpc) is 2.45. The van der Waals surface area contributed by atoms with E-state index in [2.05, 4.69) is 66.8 Å². The van der Waals surface area contributed by atoms with Gasteiger partial charge in [-0.15, -0.1) is 24.0 Å². The predicted molar refractivity (Wildman–Crippen MR) is 104 cm³/mol. The summed E-state index contributed by atoms with van der Waals surface area (Å²) in [5.41, 5.74) is 8.53. The third kappa shape index (κ3) is 6.54. The Morgan fingerprint density at radius 1 is 1.14 bits per heavy atom. The molecule has 0 amide bonds. The van der Waals surface area contributed by atoms with E-state index in [4.69, 9.17) is 5.73 Å². The van der Waals surface area contributed by atoms with Crippen LogP contribution in [0.2, 0.25) is 0 Å². The van der Waals surface area contributed by atoms with Crippen molar-refractivity contribution in [3.05, 3.63) is 29.8 Å². The van der Waals surface area contributed by atoms with E-state index < -0.39 is 0 Å². The summed E-state index contributed by atoms with van der Waals surface area (Å²) >= 11 is 0. The fourth-order valence-corrected chi connectivity index (χ4v) is 2.23. The highest BCUT2D eigenvalue weighted by atomic mass is 127. The van der Waals surface area contributed by atoms with E-state index in [9.17, 15) is 0 Å². The van der Waals surface area contributed by atoms with E-state index in [0.29, 0.717) is 5.96 Å². The lowest BCUT2D eigenvalue weighted by atomic mass is 10.2. The highest BCUT2D eigenvalue weighted by Crippen LogP contribution is 2.15. The van der Waals surface area contributed by atoms with Gasteiger partial charge >= 0.3 is 0 Å². The monoisotopic (exact) mass is 404 g/mol. The number of nitrogens with two attached hydrogens (primary N) is 1. The van der Waals surface area contributed by atoms with Gasteiger partial charge in [0.25, 0.3) is 0 Å². The molecule has 0 unspecified atom stereocenters. The summed E-state index contributed by atoms with van der Waals surface area (Å²) in [6, 6.07) is 8.57. The Labute approximate surface area is 146 Å². The van der Waals surface area contributed by atoms with Crippen molar-refractivity contribution in [3.63, 3.8) is 0 Å². The summed E-state index contributed by atoms with van der Waals surface area (Å²) in [5, 5.41) is 0. The summed E-state index contributed by atoms with van der Waals surface area (Å²) in [5.74, 6) is 0.648. The van der Waals surface area contributed by atoms with Crippen molar-refractivity contribution in [1.82, 2.24) is 4.90 Å². The van der Waals surface area contributed by atoms with E-state index >= 15 is 0 Å². The van der Waals surface area contributed by atoms with Crippen LogP contribution in [0.1, 0.15) is 26.3 Å². The van der Waals surface area contributed by atoms with Gasteiger partial charge in [-0.05, 0) is 45.4 Å². The number of halogens is 1. The maximum atomic E-state index is 5.99. The van der Waals surface area contributed by atoms with Gasteiger partial charge in [0.05, 0.1) is 6.54 Å². The van der Waals surface area contributed by atoms with Gasteiger partial charge in [0.1, 0.15) is 0 Å². The predicted octanol–water partition coefficient (Wildman–Crippen LogP) is 3.10. The number of benzene rings is 1. The molecule has 2 N–H and O–H groups in total.